The highest BCUT2D eigenvalue weighted by Crippen LogP contribution is 2.21. The van der Waals surface area contributed by atoms with E-state index in [9.17, 15) is 9.18 Å². The Kier molecular flexibility index (Phi) is 5.50. The summed E-state index contributed by atoms with van der Waals surface area (Å²) >= 11 is 3.31. The van der Waals surface area contributed by atoms with E-state index in [1.165, 1.54) is 6.07 Å². The fraction of sp³-hybridized carbons (Fsp3) is 0.500. The molecule has 0 spiro atoms. The van der Waals surface area contributed by atoms with E-state index in [1.807, 2.05) is 27.7 Å². The summed E-state index contributed by atoms with van der Waals surface area (Å²) < 4.78 is 14.5. The second-order valence-electron chi connectivity index (χ2n) is 5.57. The SMILES string of the molecule is CC(NCC(=O)NC(C)(C)C)c1cc(Br)ccc1F. The first-order chi connectivity index (χ1) is 8.69. The van der Waals surface area contributed by atoms with Crippen molar-refractivity contribution in [3.63, 3.8) is 0 Å². The number of rotatable bonds is 4. The number of nitrogens with one attached hydrogen (secondary N) is 2. The van der Waals surface area contributed by atoms with Gasteiger partial charge < -0.3 is 10.6 Å². The third kappa shape index (κ3) is 5.70. The van der Waals surface area contributed by atoms with E-state index in [-0.39, 0.29) is 29.8 Å². The van der Waals surface area contributed by atoms with E-state index in [2.05, 4.69) is 26.6 Å². The summed E-state index contributed by atoms with van der Waals surface area (Å²) in [6.07, 6.45) is 0. The molecule has 1 rings (SSSR count). The van der Waals surface area contributed by atoms with Crippen LogP contribution in [-0.4, -0.2) is 18.0 Å². The predicted molar refractivity (Wildman–Crippen MR) is 78.4 cm³/mol. The largest absolute Gasteiger partial charge is 0.350 e. The van der Waals surface area contributed by atoms with E-state index < -0.39 is 0 Å². The topological polar surface area (TPSA) is 41.1 Å². The van der Waals surface area contributed by atoms with Gasteiger partial charge in [-0.15, -0.1) is 0 Å². The first kappa shape index (κ1) is 16.1. The maximum atomic E-state index is 13.7. The molecule has 0 aliphatic rings. The molecule has 3 nitrogen and oxygen atoms in total. The van der Waals surface area contributed by atoms with E-state index in [0.29, 0.717) is 5.56 Å². The highest BCUT2D eigenvalue weighted by molar-refractivity contribution is 9.10. The van der Waals surface area contributed by atoms with E-state index >= 15 is 0 Å². The summed E-state index contributed by atoms with van der Waals surface area (Å²) in [4.78, 5) is 11.7. The Morgan fingerprint density at radius 2 is 2.05 bits per heavy atom. The van der Waals surface area contributed by atoms with Crippen molar-refractivity contribution in [3.8, 4) is 0 Å². The van der Waals surface area contributed by atoms with E-state index in [4.69, 9.17) is 0 Å². The van der Waals surface area contributed by atoms with Crippen LogP contribution in [0.25, 0.3) is 0 Å². The van der Waals surface area contributed by atoms with Gasteiger partial charge in [-0.3, -0.25) is 4.79 Å². The minimum absolute atomic E-state index is 0.102. The van der Waals surface area contributed by atoms with Gasteiger partial charge in [-0.05, 0) is 45.9 Å². The van der Waals surface area contributed by atoms with Crippen LogP contribution in [0.3, 0.4) is 0 Å². The van der Waals surface area contributed by atoms with Gasteiger partial charge in [0.2, 0.25) is 5.91 Å². The van der Waals surface area contributed by atoms with Crippen molar-refractivity contribution in [1.82, 2.24) is 10.6 Å². The molecule has 0 fully saturated rings. The number of carbonyl (C=O) groups excluding carboxylic acids is 1. The minimum Gasteiger partial charge on any atom is -0.350 e. The number of benzene rings is 1. The summed E-state index contributed by atoms with van der Waals surface area (Å²) in [6.45, 7) is 7.74. The van der Waals surface area contributed by atoms with Crippen LogP contribution in [0.15, 0.2) is 22.7 Å². The Bertz CT molecular complexity index is 457. The van der Waals surface area contributed by atoms with Gasteiger partial charge in [-0.2, -0.15) is 0 Å². The van der Waals surface area contributed by atoms with Crippen molar-refractivity contribution >= 4 is 21.8 Å². The Balaban J connectivity index is 2.58. The average molecular weight is 331 g/mol. The van der Waals surface area contributed by atoms with Crippen LogP contribution in [0, 0.1) is 5.82 Å². The van der Waals surface area contributed by atoms with Crippen LogP contribution >= 0.6 is 15.9 Å². The zero-order valence-corrected chi connectivity index (χ0v) is 13.3. The predicted octanol–water partition coefficient (Wildman–Crippen LogP) is 3.15. The molecule has 1 unspecified atom stereocenters. The van der Waals surface area contributed by atoms with E-state index in [1.54, 1.807) is 12.1 Å². The zero-order valence-electron chi connectivity index (χ0n) is 11.7. The zero-order chi connectivity index (χ0) is 14.6. The molecule has 0 saturated carbocycles. The van der Waals surface area contributed by atoms with Crippen molar-refractivity contribution in [1.29, 1.82) is 0 Å². The summed E-state index contributed by atoms with van der Waals surface area (Å²) in [5, 5.41) is 5.86. The van der Waals surface area contributed by atoms with Crippen LogP contribution in [0.1, 0.15) is 39.3 Å². The molecule has 1 aromatic rings. The molecule has 1 aromatic carbocycles. The fourth-order valence-corrected chi connectivity index (χ4v) is 2.04. The number of hydrogen-bond acceptors (Lipinski definition) is 2. The molecule has 0 aromatic heterocycles. The molecule has 0 bridgehead atoms. The Hall–Kier alpha value is -0.940. The highest BCUT2D eigenvalue weighted by atomic mass is 79.9. The van der Waals surface area contributed by atoms with Gasteiger partial charge in [-0.1, -0.05) is 15.9 Å². The van der Waals surface area contributed by atoms with Crippen molar-refractivity contribution in [2.75, 3.05) is 6.54 Å². The number of amides is 1. The van der Waals surface area contributed by atoms with Crippen molar-refractivity contribution < 1.29 is 9.18 Å². The molecule has 0 aliphatic carbocycles. The summed E-state index contributed by atoms with van der Waals surface area (Å²) in [6, 6.07) is 4.54. The summed E-state index contributed by atoms with van der Waals surface area (Å²) in [5.41, 5.74) is 0.279. The number of hydrogen-bond donors (Lipinski definition) is 2. The van der Waals surface area contributed by atoms with Gasteiger partial charge in [0.05, 0.1) is 6.54 Å². The summed E-state index contributed by atoms with van der Waals surface area (Å²) in [7, 11) is 0. The minimum atomic E-state index is -0.278. The molecular weight excluding hydrogens is 311 g/mol. The van der Waals surface area contributed by atoms with Gasteiger partial charge in [0.15, 0.2) is 0 Å². The molecule has 1 amide bonds. The molecule has 5 heteroatoms. The molecule has 106 valence electrons. The Morgan fingerprint density at radius 1 is 1.42 bits per heavy atom. The highest BCUT2D eigenvalue weighted by Gasteiger charge is 2.16. The van der Waals surface area contributed by atoms with Crippen LogP contribution in [0.2, 0.25) is 0 Å². The lowest BCUT2D eigenvalue weighted by atomic mass is 10.1. The summed E-state index contributed by atoms with van der Waals surface area (Å²) in [5.74, 6) is -0.380. The molecule has 0 aliphatic heterocycles. The standard InChI is InChI=1S/C14H20BrFN2O/c1-9(11-7-10(15)5-6-12(11)16)17-8-13(19)18-14(2,3)4/h5-7,9,17H,8H2,1-4H3,(H,18,19). The molecule has 0 heterocycles. The number of halogens is 2. The second kappa shape index (κ2) is 6.48. The average Bonchev–Trinajstić information content (AvgIpc) is 2.27. The quantitative estimate of drug-likeness (QED) is 0.890. The smallest absolute Gasteiger partial charge is 0.234 e. The van der Waals surface area contributed by atoms with E-state index in [0.717, 1.165) is 4.47 Å². The van der Waals surface area contributed by atoms with Crippen LogP contribution in [0.5, 0.6) is 0 Å². The first-order valence-corrected chi connectivity index (χ1v) is 6.97. The lowest BCUT2D eigenvalue weighted by Gasteiger charge is -2.22. The molecule has 0 radical (unpaired) electrons. The van der Waals surface area contributed by atoms with Gasteiger partial charge in [-0.25, -0.2) is 4.39 Å². The van der Waals surface area contributed by atoms with Gasteiger partial charge in [0, 0.05) is 21.6 Å². The maximum absolute atomic E-state index is 13.7. The van der Waals surface area contributed by atoms with Crippen LogP contribution < -0.4 is 10.6 Å². The molecule has 1 atom stereocenters. The van der Waals surface area contributed by atoms with Crippen molar-refractivity contribution in [3.05, 3.63) is 34.1 Å². The second-order valence-corrected chi connectivity index (χ2v) is 6.48. The monoisotopic (exact) mass is 330 g/mol. The van der Waals surface area contributed by atoms with Crippen LogP contribution in [0.4, 0.5) is 4.39 Å². The van der Waals surface area contributed by atoms with Crippen molar-refractivity contribution in [2.45, 2.75) is 39.3 Å². The lowest BCUT2D eigenvalue weighted by molar-refractivity contribution is -0.121. The first-order valence-electron chi connectivity index (χ1n) is 6.18. The molecule has 2 N–H and O–H groups in total. The number of carbonyl (C=O) groups is 1. The third-order valence-electron chi connectivity index (χ3n) is 2.51. The normalized spacial score (nSPS) is 13.2. The Labute approximate surface area is 122 Å². The lowest BCUT2D eigenvalue weighted by Crippen LogP contribution is -2.45. The molecule has 0 saturated heterocycles. The van der Waals surface area contributed by atoms with Crippen LogP contribution in [-0.2, 0) is 4.79 Å². The molecular formula is C14H20BrFN2O. The maximum Gasteiger partial charge on any atom is 0.234 e. The molecule has 19 heavy (non-hydrogen) atoms. The van der Waals surface area contributed by atoms with Crippen molar-refractivity contribution in [2.24, 2.45) is 0 Å². The van der Waals surface area contributed by atoms with Gasteiger partial charge in [0.1, 0.15) is 5.82 Å². The Morgan fingerprint density at radius 3 is 2.63 bits per heavy atom. The van der Waals surface area contributed by atoms with Gasteiger partial charge in [0.25, 0.3) is 0 Å². The third-order valence-corrected chi connectivity index (χ3v) is 3.00. The fourth-order valence-electron chi connectivity index (χ4n) is 1.66. The van der Waals surface area contributed by atoms with Gasteiger partial charge >= 0.3 is 0 Å².